The minimum absolute atomic E-state index is 0.0896. The molecule has 0 fully saturated rings. The molecular weight excluding hydrogens is 321 g/mol. The summed E-state index contributed by atoms with van der Waals surface area (Å²) in [6, 6.07) is 0. The number of hydrogen-bond acceptors (Lipinski definition) is 6. The van der Waals surface area contributed by atoms with Crippen LogP contribution in [0, 0.1) is 0 Å². The van der Waals surface area contributed by atoms with Crippen molar-refractivity contribution >= 4 is 13.8 Å². The molecule has 0 bridgehead atoms. The van der Waals surface area contributed by atoms with E-state index in [-0.39, 0.29) is 25.4 Å². The van der Waals surface area contributed by atoms with Crippen LogP contribution < -0.4 is 4.89 Å². The zero-order valence-corrected chi connectivity index (χ0v) is 15.6. The Bertz CT molecular complexity index is 414. The molecule has 136 valence electrons. The second-order valence-electron chi connectivity index (χ2n) is 5.40. The Balaban J connectivity index is 3.98. The lowest BCUT2D eigenvalue weighted by Crippen LogP contribution is -2.48. The lowest BCUT2D eigenvalue weighted by Gasteiger charge is -2.36. The van der Waals surface area contributed by atoms with Crippen molar-refractivity contribution < 1.29 is 32.5 Å². The van der Waals surface area contributed by atoms with Crippen LogP contribution >= 0.6 is 7.82 Å². The molecule has 0 saturated heterocycles. The van der Waals surface area contributed by atoms with E-state index in [9.17, 15) is 14.3 Å². The van der Waals surface area contributed by atoms with Crippen molar-refractivity contribution in [3.63, 3.8) is 0 Å². The van der Waals surface area contributed by atoms with Crippen molar-refractivity contribution in [3.05, 3.63) is 12.2 Å². The monoisotopic (exact) mass is 351 g/mol. The summed E-state index contributed by atoms with van der Waals surface area (Å²) in [6.45, 7) is 14.8. The zero-order chi connectivity index (χ0) is 17.9. The second-order valence-corrected chi connectivity index (χ2v) is 6.81. The number of quaternary nitrogens is 1. The summed E-state index contributed by atoms with van der Waals surface area (Å²) in [4.78, 5) is 22.7. The van der Waals surface area contributed by atoms with Gasteiger partial charge >= 0.3 is 5.97 Å². The average Bonchev–Trinajstić information content (AvgIpc) is 2.52. The fourth-order valence-corrected chi connectivity index (χ4v) is 2.89. The number of carbonyl (C=O) groups excluding carboxylic acids is 1. The molecule has 0 spiro atoms. The number of carbonyl (C=O) groups is 1. The highest BCUT2D eigenvalue weighted by atomic mass is 31.2. The van der Waals surface area contributed by atoms with Gasteiger partial charge in [-0.25, -0.2) is 4.79 Å². The van der Waals surface area contributed by atoms with E-state index in [1.807, 2.05) is 0 Å². The van der Waals surface area contributed by atoms with E-state index < -0.39 is 13.8 Å². The summed E-state index contributed by atoms with van der Waals surface area (Å²) < 4.78 is 26.7. The van der Waals surface area contributed by atoms with E-state index in [1.54, 1.807) is 0 Å². The molecule has 1 atom stereocenters. The summed E-state index contributed by atoms with van der Waals surface area (Å²) in [5.41, 5.74) is 0.246. The molecule has 0 amide bonds. The molecule has 0 rings (SSSR count). The molecule has 0 heterocycles. The standard InChI is InChI=1S/C15H30NO6P/c1-6-16(7-2,8-3)10-9-11-21-23(18,19)22-13-12-20-15(17)14(4)5/h4,6-13H2,1-3,5H3. The van der Waals surface area contributed by atoms with Crippen LogP contribution in [-0.4, -0.2) is 56.5 Å². The van der Waals surface area contributed by atoms with Crippen LogP contribution in [0.25, 0.3) is 0 Å². The van der Waals surface area contributed by atoms with Gasteiger partial charge in [-0.2, -0.15) is 0 Å². The largest absolute Gasteiger partial charge is 0.756 e. The highest BCUT2D eigenvalue weighted by molar-refractivity contribution is 7.45. The molecular formula is C15H30NO6P. The van der Waals surface area contributed by atoms with Crippen molar-refractivity contribution in [3.8, 4) is 0 Å². The van der Waals surface area contributed by atoms with Crippen molar-refractivity contribution in [2.24, 2.45) is 0 Å². The molecule has 0 aliphatic rings. The van der Waals surface area contributed by atoms with Crippen molar-refractivity contribution in [2.45, 2.75) is 34.1 Å². The second kappa shape index (κ2) is 10.9. The minimum Gasteiger partial charge on any atom is -0.756 e. The normalized spacial score (nSPS) is 14.3. The van der Waals surface area contributed by atoms with E-state index in [2.05, 4.69) is 31.9 Å². The Hall–Kier alpha value is -0.720. The van der Waals surface area contributed by atoms with Gasteiger partial charge in [0.05, 0.1) is 39.4 Å². The van der Waals surface area contributed by atoms with E-state index in [1.165, 1.54) is 6.92 Å². The van der Waals surface area contributed by atoms with Gasteiger partial charge in [-0.3, -0.25) is 4.57 Å². The first-order valence-electron chi connectivity index (χ1n) is 7.99. The van der Waals surface area contributed by atoms with E-state index >= 15 is 0 Å². The van der Waals surface area contributed by atoms with Gasteiger partial charge in [0.25, 0.3) is 7.82 Å². The van der Waals surface area contributed by atoms with Crippen LogP contribution in [-0.2, 0) is 23.1 Å². The molecule has 1 unspecified atom stereocenters. The third kappa shape index (κ3) is 9.23. The maximum atomic E-state index is 11.6. The van der Waals surface area contributed by atoms with Crippen LogP contribution in [0.4, 0.5) is 0 Å². The Morgan fingerprint density at radius 1 is 1.09 bits per heavy atom. The first-order chi connectivity index (χ1) is 10.7. The van der Waals surface area contributed by atoms with Crippen molar-refractivity contribution in [1.82, 2.24) is 0 Å². The first-order valence-corrected chi connectivity index (χ1v) is 9.45. The molecule has 0 aromatic heterocycles. The summed E-state index contributed by atoms with van der Waals surface area (Å²) in [5, 5.41) is 0. The summed E-state index contributed by atoms with van der Waals surface area (Å²) >= 11 is 0. The predicted molar refractivity (Wildman–Crippen MR) is 86.7 cm³/mol. The summed E-state index contributed by atoms with van der Waals surface area (Å²) in [6.07, 6.45) is 0.635. The van der Waals surface area contributed by atoms with Crippen LogP contribution in [0.3, 0.4) is 0 Å². The Morgan fingerprint density at radius 3 is 2.09 bits per heavy atom. The van der Waals surface area contributed by atoms with Gasteiger partial charge in [0, 0.05) is 12.0 Å². The average molecular weight is 351 g/mol. The Kier molecular flexibility index (Phi) is 10.6. The van der Waals surface area contributed by atoms with Crippen molar-refractivity contribution in [1.29, 1.82) is 0 Å². The number of ether oxygens (including phenoxy) is 1. The van der Waals surface area contributed by atoms with Crippen LogP contribution in [0.2, 0.25) is 0 Å². The number of phosphoric acid groups is 1. The van der Waals surface area contributed by atoms with E-state index in [4.69, 9.17) is 9.26 Å². The molecule has 7 nitrogen and oxygen atoms in total. The highest BCUT2D eigenvalue weighted by Gasteiger charge is 2.20. The van der Waals surface area contributed by atoms with Crippen LogP contribution in [0.5, 0.6) is 0 Å². The lowest BCUT2D eigenvalue weighted by atomic mass is 10.3. The molecule has 0 aromatic carbocycles. The maximum absolute atomic E-state index is 11.6. The van der Waals surface area contributed by atoms with E-state index in [0.29, 0.717) is 6.42 Å². The topological polar surface area (TPSA) is 84.9 Å². The van der Waals surface area contributed by atoms with Gasteiger partial charge in [0.2, 0.25) is 0 Å². The predicted octanol–water partition coefficient (Wildman–Crippen LogP) is 1.87. The Labute approximate surface area is 139 Å². The fraction of sp³-hybridized carbons (Fsp3) is 0.800. The molecule has 0 aliphatic heterocycles. The summed E-state index contributed by atoms with van der Waals surface area (Å²) in [5.74, 6) is -0.581. The molecule has 0 N–H and O–H groups in total. The number of nitrogens with zero attached hydrogens (tertiary/aromatic N) is 1. The van der Waals surface area contributed by atoms with Gasteiger partial charge in [0.15, 0.2) is 0 Å². The SMILES string of the molecule is C=C(C)C(=O)OCCOP(=O)([O-])OCCC[N+](CC)(CC)CC. The molecule has 23 heavy (non-hydrogen) atoms. The summed E-state index contributed by atoms with van der Waals surface area (Å²) in [7, 11) is -4.35. The van der Waals surface area contributed by atoms with E-state index in [0.717, 1.165) is 30.7 Å². The molecule has 0 aliphatic carbocycles. The quantitative estimate of drug-likeness (QED) is 0.166. The maximum Gasteiger partial charge on any atom is 0.333 e. The molecule has 0 saturated carbocycles. The lowest BCUT2D eigenvalue weighted by molar-refractivity contribution is -0.923. The van der Waals surface area contributed by atoms with Crippen LogP contribution in [0.1, 0.15) is 34.1 Å². The number of hydrogen-bond donors (Lipinski definition) is 0. The number of esters is 1. The smallest absolute Gasteiger partial charge is 0.333 e. The molecule has 0 radical (unpaired) electrons. The van der Waals surface area contributed by atoms with Gasteiger partial charge in [-0.15, -0.1) is 0 Å². The Morgan fingerprint density at radius 2 is 1.61 bits per heavy atom. The van der Waals surface area contributed by atoms with Gasteiger partial charge in [0.1, 0.15) is 6.61 Å². The van der Waals surface area contributed by atoms with Gasteiger partial charge in [-0.05, 0) is 27.7 Å². The third-order valence-electron chi connectivity index (χ3n) is 3.95. The first kappa shape index (κ1) is 22.3. The zero-order valence-electron chi connectivity index (χ0n) is 14.7. The molecule has 0 aromatic rings. The molecule has 8 heteroatoms. The van der Waals surface area contributed by atoms with Gasteiger partial charge in [-0.1, -0.05) is 6.58 Å². The van der Waals surface area contributed by atoms with Crippen LogP contribution in [0.15, 0.2) is 12.2 Å². The van der Waals surface area contributed by atoms with Crippen molar-refractivity contribution in [2.75, 3.05) is 46.0 Å². The minimum atomic E-state index is -4.35. The number of rotatable bonds is 13. The highest BCUT2D eigenvalue weighted by Crippen LogP contribution is 2.38. The fourth-order valence-electron chi connectivity index (χ4n) is 2.17. The van der Waals surface area contributed by atoms with Gasteiger partial charge < -0.3 is 23.2 Å². The third-order valence-corrected chi connectivity index (χ3v) is 4.95. The number of phosphoric ester groups is 1.